The molecule has 2 rings (SSSR count). The third-order valence-corrected chi connectivity index (χ3v) is 4.29. The Kier molecular flexibility index (Phi) is 3.49. The van der Waals surface area contributed by atoms with Gasteiger partial charge >= 0.3 is 0 Å². The number of aliphatic imine (C=N–C) groups is 1. The van der Waals surface area contributed by atoms with Gasteiger partial charge in [0.2, 0.25) is 5.96 Å². The van der Waals surface area contributed by atoms with Crippen molar-refractivity contribution in [1.82, 2.24) is 4.72 Å². The molecule has 0 bridgehead atoms. The number of hydrogen-bond acceptors (Lipinski definition) is 3. The Balaban J connectivity index is 2.46. The zero-order chi connectivity index (χ0) is 13.3. The molecular formula is C11H14ClN3O2S. The molecule has 1 aliphatic rings. The molecule has 1 atom stereocenters. The topological polar surface area (TPSA) is 70.6 Å². The smallest absolute Gasteiger partial charge is 0.266 e. The first-order valence-corrected chi connectivity index (χ1v) is 7.45. The van der Waals surface area contributed by atoms with Crippen LogP contribution in [0, 0.1) is 0 Å². The van der Waals surface area contributed by atoms with Crippen LogP contribution >= 0.6 is 11.6 Å². The van der Waals surface area contributed by atoms with Crippen LogP contribution < -0.4 is 10.0 Å². The van der Waals surface area contributed by atoms with E-state index in [0.29, 0.717) is 10.7 Å². The molecule has 0 aliphatic carbocycles. The Morgan fingerprint density at radius 3 is 2.83 bits per heavy atom. The van der Waals surface area contributed by atoms with Crippen LogP contribution in [0.3, 0.4) is 0 Å². The fraction of sp³-hybridized carbons (Fsp3) is 0.364. The number of nitrogens with one attached hydrogen (secondary N) is 2. The predicted molar refractivity (Wildman–Crippen MR) is 72.6 cm³/mol. The summed E-state index contributed by atoms with van der Waals surface area (Å²) >= 11 is 5.86. The third-order valence-electron chi connectivity index (χ3n) is 2.66. The highest BCUT2D eigenvalue weighted by Gasteiger charge is 2.26. The molecule has 0 spiro atoms. The first-order chi connectivity index (χ1) is 8.42. The number of hydrogen-bond donors (Lipinski definition) is 2. The lowest BCUT2D eigenvalue weighted by Gasteiger charge is -2.22. The van der Waals surface area contributed by atoms with Crippen molar-refractivity contribution >= 4 is 33.3 Å². The largest absolute Gasteiger partial charge is 0.324 e. The fourth-order valence-corrected chi connectivity index (χ4v) is 2.83. The summed E-state index contributed by atoms with van der Waals surface area (Å²) in [5, 5.41) is 3.41. The van der Waals surface area contributed by atoms with E-state index in [2.05, 4.69) is 15.0 Å². The molecule has 2 N–H and O–H groups in total. The van der Waals surface area contributed by atoms with E-state index in [9.17, 15) is 8.42 Å². The van der Waals surface area contributed by atoms with Gasteiger partial charge in [-0.2, -0.15) is 0 Å². The quantitative estimate of drug-likeness (QED) is 0.876. The van der Waals surface area contributed by atoms with E-state index in [-0.39, 0.29) is 16.9 Å². The fourth-order valence-electron chi connectivity index (χ4n) is 1.54. The van der Waals surface area contributed by atoms with Crippen LogP contribution in [-0.2, 0) is 10.0 Å². The predicted octanol–water partition coefficient (Wildman–Crippen LogP) is 2.20. The maximum atomic E-state index is 12.0. The first kappa shape index (κ1) is 13.2. The van der Waals surface area contributed by atoms with E-state index in [1.165, 1.54) is 12.1 Å². The highest BCUT2D eigenvalue weighted by Crippen LogP contribution is 2.27. The molecule has 0 fully saturated rings. The summed E-state index contributed by atoms with van der Waals surface area (Å²) in [6, 6.07) is 4.61. The van der Waals surface area contributed by atoms with Crippen LogP contribution in [0.2, 0.25) is 5.02 Å². The van der Waals surface area contributed by atoms with Crippen LogP contribution in [0.1, 0.15) is 20.3 Å². The molecule has 1 aromatic carbocycles. The molecule has 0 amide bonds. The zero-order valence-electron chi connectivity index (χ0n) is 10.1. The summed E-state index contributed by atoms with van der Waals surface area (Å²) in [5.74, 6) is 0.235. The van der Waals surface area contributed by atoms with Gasteiger partial charge in [-0.3, -0.25) is 0 Å². The molecule has 1 heterocycles. The van der Waals surface area contributed by atoms with Crippen molar-refractivity contribution in [2.45, 2.75) is 31.2 Å². The molecule has 1 aliphatic heterocycles. The molecule has 0 radical (unpaired) electrons. The summed E-state index contributed by atoms with van der Waals surface area (Å²) in [7, 11) is -3.56. The van der Waals surface area contributed by atoms with Gasteiger partial charge in [-0.15, -0.1) is 0 Å². The first-order valence-electron chi connectivity index (χ1n) is 5.59. The molecule has 18 heavy (non-hydrogen) atoms. The van der Waals surface area contributed by atoms with Gasteiger partial charge in [-0.25, -0.2) is 18.1 Å². The Hall–Kier alpha value is -1.27. The Bertz CT molecular complexity index is 598. The van der Waals surface area contributed by atoms with Crippen molar-refractivity contribution in [2.24, 2.45) is 4.99 Å². The molecule has 7 heteroatoms. The van der Waals surface area contributed by atoms with Gasteiger partial charge in [0.25, 0.3) is 10.0 Å². The third kappa shape index (κ3) is 2.59. The zero-order valence-corrected chi connectivity index (χ0v) is 11.6. The van der Waals surface area contributed by atoms with E-state index in [0.717, 1.165) is 6.42 Å². The molecule has 98 valence electrons. The lowest BCUT2D eigenvalue weighted by Crippen LogP contribution is -2.41. The standard InChI is InChI=1S/C11H14ClN3O2S/c1-3-7(2)13-11-14-9-6-8(12)4-5-10(9)18(16,17)15-11/h4-7H,3H2,1-2H3,(H2,13,14,15). The minimum absolute atomic E-state index is 0.0379. The number of rotatable bonds is 2. The van der Waals surface area contributed by atoms with Crippen LogP contribution in [-0.4, -0.2) is 20.4 Å². The SMILES string of the molecule is CCC(C)N=C1Nc2cc(Cl)ccc2S(=O)(=O)N1. The second-order valence-electron chi connectivity index (χ2n) is 4.11. The summed E-state index contributed by atoms with van der Waals surface area (Å²) in [6.07, 6.45) is 0.829. The molecule has 1 unspecified atom stereocenters. The Labute approximate surface area is 111 Å². The average molecular weight is 288 g/mol. The van der Waals surface area contributed by atoms with Gasteiger partial charge in [0, 0.05) is 5.02 Å². The summed E-state index contributed by atoms with van der Waals surface area (Å²) < 4.78 is 26.4. The van der Waals surface area contributed by atoms with Crippen LogP contribution in [0.4, 0.5) is 5.69 Å². The van der Waals surface area contributed by atoms with E-state index >= 15 is 0 Å². The number of nitrogens with zero attached hydrogens (tertiary/aromatic N) is 1. The minimum atomic E-state index is -3.56. The van der Waals surface area contributed by atoms with E-state index in [1.807, 2.05) is 13.8 Å². The number of halogens is 1. The molecule has 1 aromatic rings. The van der Waals surface area contributed by atoms with Crippen molar-refractivity contribution in [3.8, 4) is 0 Å². The maximum Gasteiger partial charge on any atom is 0.266 e. The summed E-state index contributed by atoms with van der Waals surface area (Å²) in [6.45, 7) is 3.90. The number of fused-ring (bicyclic) bond motifs is 1. The highest BCUT2D eigenvalue weighted by atomic mass is 35.5. The summed E-state index contributed by atoms with van der Waals surface area (Å²) in [5.41, 5.74) is 0.448. The normalized spacial score (nSPS) is 20.7. The van der Waals surface area contributed by atoms with Crippen LogP contribution in [0.5, 0.6) is 0 Å². The monoisotopic (exact) mass is 287 g/mol. The highest BCUT2D eigenvalue weighted by molar-refractivity contribution is 7.90. The molecular weight excluding hydrogens is 274 g/mol. The van der Waals surface area contributed by atoms with Gasteiger partial charge in [0.05, 0.1) is 11.7 Å². The van der Waals surface area contributed by atoms with Crippen LogP contribution in [0.25, 0.3) is 0 Å². The molecule has 5 nitrogen and oxygen atoms in total. The van der Waals surface area contributed by atoms with E-state index < -0.39 is 10.0 Å². The van der Waals surface area contributed by atoms with Crippen molar-refractivity contribution < 1.29 is 8.42 Å². The summed E-state index contributed by atoms with van der Waals surface area (Å²) in [4.78, 5) is 4.43. The number of guanidine groups is 1. The Morgan fingerprint density at radius 2 is 2.17 bits per heavy atom. The van der Waals surface area contributed by atoms with Gasteiger partial charge in [-0.05, 0) is 31.5 Å². The van der Waals surface area contributed by atoms with Crippen molar-refractivity contribution in [2.75, 3.05) is 5.32 Å². The number of anilines is 1. The molecule has 0 saturated carbocycles. The van der Waals surface area contributed by atoms with E-state index in [1.54, 1.807) is 6.07 Å². The van der Waals surface area contributed by atoms with Gasteiger partial charge in [0.15, 0.2) is 0 Å². The van der Waals surface area contributed by atoms with Crippen molar-refractivity contribution in [3.05, 3.63) is 23.2 Å². The second-order valence-corrected chi connectivity index (χ2v) is 6.19. The van der Waals surface area contributed by atoms with Crippen LogP contribution in [0.15, 0.2) is 28.1 Å². The number of sulfonamides is 1. The van der Waals surface area contributed by atoms with E-state index in [4.69, 9.17) is 11.6 Å². The van der Waals surface area contributed by atoms with Crippen molar-refractivity contribution in [3.63, 3.8) is 0 Å². The van der Waals surface area contributed by atoms with Crippen molar-refractivity contribution in [1.29, 1.82) is 0 Å². The van der Waals surface area contributed by atoms with Gasteiger partial charge in [0.1, 0.15) is 4.90 Å². The lowest BCUT2D eigenvalue weighted by molar-refractivity contribution is 0.591. The molecule has 0 saturated heterocycles. The van der Waals surface area contributed by atoms with Gasteiger partial charge in [-0.1, -0.05) is 18.5 Å². The maximum absolute atomic E-state index is 12.0. The lowest BCUT2D eigenvalue weighted by atomic mass is 10.3. The minimum Gasteiger partial charge on any atom is -0.324 e. The second kappa shape index (κ2) is 4.78. The Morgan fingerprint density at radius 1 is 1.44 bits per heavy atom. The average Bonchev–Trinajstić information content (AvgIpc) is 2.26. The number of benzene rings is 1. The molecule has 0 aromatic heterocycles. The van der Waals surface area contributed by atoms with Gasteiger partial charge < -0.3 is 5.32 Å².